The topological polar surface area (TPSA) is 69.6 Å². The number of carboxylic acid groups (broad SMARTS) is 1. The van der Waals surface area contributed by atoms with Gasteiger partial charge >= 0.3 is 12.3 Å². The third-order valence-corrected chi connectivity index (χ3v) is 5.17. The van der Waals surface area contributed by atoms with Crippen molar-refractivity contribution in [2.45, 2.75) is 18.8 Å². The van der Waals surface area contributed by atoms with Gasteiger partial charge in [-0.25, -0.2) is 4.79 Å². The number of nitrogens with one attached hydrogen (secondary N) is 1. The van der Waals surface area contributed by atoms with E-state index in [1.165, 1.54) is 12.1 Å². The maximum absolute atomic E-state index is 13.0. The lowest BCUT2D eigenvalue weighted by molar-refractivity contribution is -0.137. The van der Waals surface area contributed by atoms with Gasteiger partial charge in [-0.3, -0.25) is 9.69 Å². The largest absolute Gasteiger partial charge is 0.465 e. The van der Waals surface area contributed by atoms with Gasteiger partial charge in [0, 0.05) is 12.0 Å². The highest BCUT2D eigenvalue weighted by Crippen LogP contribution is 2.33. The Balaban J connectivity index is 1.61. The van der Waals surface area contributed by atoms with Crippen LogP contribution in [-0.4, -0.2) is 23.3 Å². The van der Waals surface area contributed by atoms with Crippen LogP contribution in [0.5, 0.6) is 0 Å². The Morgan fingerprint density at radius 2 is 1.58 bits per heavy atom. The number of hydrogen-bond donors (Lipinski definition) is 2. The Morgan fingerprint density at radius 3 is 2.26 bits per heavy atom. The number of alkyl halides is 3. The summed E-state index contributed by atoms with van der Waals surface area (Å²) in [5, 5.41) is 12.4. The maximum Gasteiger partial charge on any atom is 0.416 e. The van der Waals surface area contributed by atoms with Gasteiger partial charge in [0.2, 0.25) is 0 Å². The van der Waals surface area contributed by atoms with Crippen molar-refractivity contribution >= 4 is 17.7 Å². The van der Waals surface area contributed by atoms with Gasteiger partial charge in [0.1, 0.15) is 6.17 Å². The average Bonchev–Trinajstić information content (AvgIpc) is 3.11. The highest BCUT2D eigenvalue weighted by Gasteiger charge is 2.35. The molecule has 158 valence electrons. The number of hydrogen-bond acceptors (Lipinski definition) is 2. The molecule has 0 aromatic heterocycles. The Kier molecular flexibility index (Phi) is 5.14. The van der Waals surface area contributed by atoms with Crippen molar-refractivity contribution in [3.63, 3.8) is 0 Å². The quantitative estimate of drug-likeness (QED) is 0.607. The van der Waals surface area contributed by atoms with Gasteiger partial charge in [-0.05, 0) is 41.0 Å². The zero-order chi connectivity index (χ0) is 22.2. The molecule has 4 rings (SSSR count). The number of benzene rings is 3. The van der Waals surface area contributed by atoms with Crippen LogP contribution in [-0.2, 0) is 12.6 Å². The number of rotatable bonds is 3. The van der Waals surface area contributed by atoms with E-state index in [4.69, 9.17) is 0 Å². The third-order valence-electron chi connectivity index (χ3n) is 5.17. The number of fused-ring (bicyclic) bond motifs is 1. The molecule has 0 fully saturated rings. The Bertz CT molecular complexity index is 1140. The fourth-order valence-electron chi connectivity index (χ4n) is 3.74. The van der Waals surface area contributed by atoms with E-state index in [-0.39, 0.29) is 5.56 Å². The molecule has 8 heteroatoms. The van der Waals surface area contributed by atoms with Gasteiger partial charge in [-0.1, -0.05) is 48.5 Å². The maximum atomic E-state index is 13.0. The monoisotopic (exact) mass is 426 g/mol. The van der Waals surface area contributed by atoms with Crippen LogP contribution < -0.4 is 10.2 Å². The van der Waals surface area contributed by atoms with E-state index >= 15 is 0 Å². The van der Waals surface area contributed by atoms with Crippen molar-refractivity contribution in [3.8, 4) is 11.1 Å². The second kappa shape index (κ2) is 7.79. The second-order valence-corrected chi connectivity index (χ2v) is 7.10. The summed E-state index contributed by atoms with van der Waals surface area (Å²) in [5.74, 6) is -0.514. The molecule has 0 radical (unpaired) electrons. The fourth-order valence-corrected chi connectivity index (χ4v) is 3.74. The first-order valence-electron chi connectivity index (χ1n) is 9.43. The summed E-state index contributed by atoms with van der Waals surface area (Å²) in [6.07, 6.45) is -6.11. The van der Waals surface area contributed by atoms with Crippen LogP contribution in [0.2, 0.25) is 0 Å². The molecule has 0 aliphatic carbocycles. The number of carbonyl (C=O) groups excluding carboxylic acids is 1. The van der Waals surface area contributed by atoms with Gasteiger partial charge in [-0.15, -0.1) is 0 Å². The van der Waals surface area contributed by atoms with Crippen molar-refractivity contribution in [3.05, 3.63) is 89.5 Å². The lowest BCUT2D eigenvalue weighted by atomic mass is 9.98. The van der Waals surface area contributed by atoms with Crippen molar-refractivity contribution < 1.29 is 27.9 Å². The molecule has 0 saturated carbocycles. The van der Waals surface area contributed by atoms with Gasteiger partial charge in [0.25, 0.3) is 5.91 Å². The molecule has 0 bridgehead atoms. The molecule has 0 spiro atoms. The van der Waals surface area contributed by atoms with Crippen LogP contribution in [0.25, 0.3) is 11.1 Å². The number of nitrogens with zero attached hydrogens (tertiary/aromatic N) is 1. The molecule has 1 unspecified atom stereocenters. The lowest BCUT2D eigenvalue weighted by Gasteiger charge is -2.24. The molecule has 5 nitrogen and oxygen atoms in total. The molecule has 1 aliphatic rings. The Morgan fingerprint density at radius 1 is 0.935 bits per heavy atom. The average molecular weight is 426 g/mol. The minimum absolute atomic E-state index is 0.239. The van der Waals surface area contributed by atoms with E-state index in [2.05, 4.69) is 5.32 Å². The lowest BCUT2D eigenvalue weighted by Crippen LogP contribution is -2.48. The third kappa shape index (κ3) is 3.96. The van der Waals surface area contributed by atoms with Crippen molar-refractivity contribution in [1.82, 2.24) is 5.32 Å². The summed E-state index contributed by atoms with van der Waals surface area (Å²) in [6, 6.07) is 18.0. The summed E-state index contributed by atoms with van der Waals surface area (Å²) in [5.41, 5.74) is 1.67. The highest BCUT2D eigenvalue weighted by molar-refractivity contribution is 6.02. The van der Waals surface area contributed by atoms with Crippen LogP contribution in [0.3, 0.4) is 0 Å². The zero-order valence-electron chi connectivity index (χ0n) is 16.1. The normalized spacial score (nSPS) is 15.5. The minimum atomic E-state index is -4.45. The van der Waals surface area contributed by atoms with Gasteiger partial charge < -0.3 is 10.4 Å². The van der Waals surface area contributed by atoms with E-state index in [0.717, 1.165) is 22.6 Å². The van der Waals surface area contributed by atoms with Crippen molar-refractivity contribution in [1.29, 1.82) is 0 Å². The fraction of sp³-hybridized carbons (Fsp3) is 0.130. The summed E-state index contributed by atoms with van der Waals surface area (Å²) >= 11 is 0. The first-order chi connectivity index (χ1) is 14.8. The molecule has 2 N–H and O–H groups in total. The van der Waals surface area contributed by atoms with E-state index in [1.54, 1.807) is 48.5 Å². The number of anilines is 1. The molecule has 31 heavy (non-hydrogen) atoms. The minimum Gasteiger partial charge on any atom is -0.465 e. The predicted molar refractivity (Wildman–Crippen MR) is 109 cm³/mol. The summed E-state index contributed by atoms with van der Waals surface area (Å²) in [7, 11) is 0. The smallest absolute Gasteiger partial charge is 0.416 e. The molecule has 3 aromatic carbocycles. The molecule has 1 heterocycles. The van der Waals surface area contributed by atoms with Crippen LogP contribution >= 0.6 is 0 Å². The Labute approximate surface area is 175 Å². The standard InChI is InChI=1S/C23H17F3N2O3/c24-23(25,26)16-11-9-14(10-12-16)17-6-2-3-7-18(17)21(29)27-20-13-15-5-1-4-8-19(15)28(20)22(30)31/h1-12,20H,13H2,(H,27,29)(H,30,31). The Hall–Kier alpha value is -3.81. The number of para-hydroxylation sites is 1. The molecule has 3 aromatic rings. The number of carbonyl (C=O) groups is 2. The summed E-state index contributed by atoms with van der Waals surface area (Å²) in [6.45, 7) is 0. The van der Waals surface area contributed by atoms with Crippen molar-refractivity contribution in [2.24, 2.45) is 0 Å². The first-order valence-corrected chi connectivity index (χ1v) is 9.43. The van der Waals surface area contributed by atoms with Gasteiger partial charge in [0.05, 0.1) is 11.3 Å². The van der Waals surface area contributed by atoms with Crippen LogP contribution in [0.1, 0.15) is 21.5 Å². The van der Waals surface area contributed by atoms with Crippen LogP contribution in [0.4, 0.5) is 23.7 Å². The SMILES string of the molecule is O=C(NC1Cc2ccccc2N1C(=O)O)c1ccccc1-c1ccc(C(F)(F)F)cc1. The molecule has 2 amide bonds. The zero-order valence-corrected chi connectivity index (χ0v) is 16.1. The molecular formula is C23H17F3N2O3. The van der Waals surface area contributed by atoms with E-state index in [1.807, 2.05) is 0 Å². The van der Waals surface area contributed by atoms with E-state index in [0.29, 0.717) is 23.2 Å². The first kappa shape index (κ1) is 20.5. The molecule has 1 aliphatic heterocycles. The predicted octanol–water partition coefficient (Wildman–Crippen LogP) is 5.17. The van der Waals surface area contributed by atoms with Crippen LogP contribution in [0, 0.1) is 0 Å². The second-order valence-electron chi connectivity index (χ2n) is 7.10. The number of amides is 2. The number of halogens is 3. The van der Waals surface area contributed by atoms with Crippen LogP contribution in [0.15, 0.2) is 72.8 Å². The van der Waals surface area contributed by atoms with Gasteiger partial charge in [-0.2, -0.15) is 13.2 Å². The summed E-state index contributed by atoms with van der Waals surface area (Å²) in [4.78, 5) is 25.9. The molecule has 0 saturated heterocycles. The van der Waals surface area contributed by atoms with E-state index in [9.17, 15) is 27.9 Å². The molecule has 1 atom stereocenters. The van der Waals surface area contributed by atoms with Gasteiger partial charge in [0.15, 0.2) is 0 Å². The summed E-state index contributed by atoms with van der Waals surface area (Å²) < 4.78 is 38.6. The van der Waals surface area contributed by atoms with Crippen molar-refractivity contribution in [2.75, 3.05) is 4.90 Å². The highest BCUT2D eigenvalue weighted by atomic mass is 19.4. The molecular weight excluding hydrogens is 409 g/mol. The van der Waals surface area contributed by atoms with E-state index < -0.39 is 29.9 Å².